The van der Waals surface area contributed by atoms with Gasteiger partial charge in [-0.3, -0.25) is 0 Å². The van der Waals surface area contributed by atoms with E-state index in [0.717, 1.165) is 31.7 Å². The summed E-state index contributed by atoms with van der Waals surface area (Å²) in [5, 5.41) is 3.54. The molecule has 19 heavy (non-hydrogen) atoms. The molecule has 1 atom stereocenters. The summed E-state index contributed by atoms with van der Waals surface area (Å²) < 4.78 is 0. The Morgan fingerprint density at radius 3 is 3.11 bits per heavy atom. The van der Waals surface area contributed by atoms with Crippen LogP contribution in [-0.2, 0) is 12.8 Å². The topological polar surface area (TPSA) is 42.2 Å². The third kappa shape index (κ3) is 4.55. The lowest BCUT2D eigenvalue weighted by Gasteiger charge is -2.35. The predicted molar refractivity (Wildman–Crippen MR) is 82.6 cm³/mol. The van der Waals surface area contributed by atoms with E-state index in [1.54, 1.807) is 0 Å². The summed E-state index contributed by atoms with van der Waals surface area (Å²) in [6.45, 7) is 7.88. The van der Waals surface area contributed by atoms with Crippen LogP contribution in [-0.4, -0.2) is 35.6 Å². The van der Waals surface area contributed by atoms with Gasteiger partial charge in [0, 0.05) is 24.4 Å². The molecule has 1 fully saturated rings. The summed E-state index contributed by atoms with van der Waals surface area (Å²) >= 11 is 1.83. The molecule has 3 nitrogen and oxygen atoms in total. The van der Waals surface area contributed by atoms with Gasteiger partial charge in [-0.25, -0.2) is 4.98 Å². The van der Waals surface area contributed by atoms with Crippen molar-refractivity contribution in [2.24, 2.45) is 11.7 Å². The van der Waals surface area contributed by atoms with Crippen molar-refractivity contribution in [1.29, 1.82) is 0 Å². The summed E-state index contributed by atoms with van der Waals surface area (Å²) in [6, 6.07) is 0.680. The zero-order chi connectivity index (χ0) is 13.7. The number of piperidine rings is 1. The molecule has 2 heterocycles. The second kappa shape index (κ2) is 7.36. The highest BCUT2D eigenvalue weighted by atomic mass is 32.1. The van der Waals surface area contributed by atoms with E-state index in [-0.39, 0.29) is 0 Å². The van der Waals surface area contributed by atoms with Crippen molar-refractivity contribution >= 4 is 11.3 Å². The molecule has 0 aromatic carbocycles. The Balaban J connectivity index is 1.84. The molecule has 4 heteroatoms. The highest BCUT2D eigenvalue weighted by Crippen LogP contribution is 2.24. The van der Waals surface area contributed by atoms with Gasteiger partial charge >= 0.3 is 0 Å². The van der Waals surface area contributed by atoms with E-state index < -0.39 is 0 Å². The van der Waals surface area contributed by atoms with E-state index in [4.69, 9.17) is 10.7 Å². The predicted octanol–water partition coefficient (Wildman–Crippen LogP) is 2.70. The minimum absolute atomic E-state index is 0.680. The number of thiazole rings is 1. The van der Waals surface area contributed by atoms with E-state index in [0.29, 0.717) is 6.04 Å². The molecule has 2 rings (SSSR count). The van der Waals surface area contributed by atoms with Crippen molar-refractivity contribution in [3.8, 4) is 0 Å². The molecular weight excluding hydrogens is 254 g/mol. The van der Waals surface area contributed by atoms with Crippen LogP contribution in [0, 0.1) is 5.92 Å². The Hall–Kier alpha value is -0.450. The van der Waals surface area contributed by atoms with Crippen molar-refractivity contribution < 1.29 is 0 Å². The van der Waals surface area contributed by atoms with Gasteiger partial charge in [0.15, 0.2) is 0 Å². The van der Waals surface area contributed by atoms with Crippen LogP contribution < -0.4 is 5.73 Å². The number of aromatic nitrogens is 1. The fraction of sp³-hybridized carbons (Fsp3) is 0.800. The molecule has 0 radical (unpaired) electrons. The molecule has 0 saturated carbocycles. The second-order valence-corrected chi connectivity index (χ2v) is 6.87. The van der Waals surface area contributed by atoms with Crippen LogP contribution in [0.25, 0.3) is 0 Å². The summed E-state index contributed by atoms with van der Waals surface area (Å²) in [5.74, 6) is 0.796. The Morgan fingerprint density at radius 1 is 1.53 bits per heavy atom. The molecule has 1 aromatic heterocycles. The van der Waals surface area contributed by atoms with Crippen molar-refractivity contribution in [3.63, 3.8) is 0 Å². The van der Waals surface area contributed by atoms with Crippen LogP contribution in [0.2, 0.25) is 0 Å². The smallest absolute Gasteiger partial charge is 0.0931 e. The molecule has 1 aliphatic heterocycles. The van der Waals surface area contributed by atoms with Crippen LogP contribution in [0.5, 0.6) is 0 Å². The summed E-state index contributed by atoms with van der Waals surface area (Å²) in [4.78, 5) is 7.36. The highest BCUT2D eigenvalue weighted by Gasteiger charge is 2.22. The number of nitrogens with two attached hydrogens (primary N) is 1. The van der Waals surface area contributed by atoms with E-state index in [1.807, 2.05) is 11.3 Å². The zero-order valence-corrected chi connectivity index (χ0v) is 13.1. The summed E-state index contributed by atoms with van der Waals surface area (Å²) in [6.07, 6.45) is 5.95. The maximum atomic E-state index is 5.55. The summed E-state index contributed by atoms with van der Waals surface area (Å²) in [5.41, 5.74) is 6.78. The number of nitrogens with zero attached hydrogens (tertiary/aromatic N) is 2. The van der Waals surface area contributed by atoms with Gasteiger partial charge in [-0.1, -0.05) is 0 Å². The molecule has 0 amide bonds. The van der Waals surface area contributed by atoms with Crippen LogP contribution >= 0.6 is 11.3 Å². The van der Waals surface area contributed by atoms with Crippen LogP contribution in [0.15, 0.2) is 5.38 Å². The molecule has 1 saturated heterocycles. The van der Waals surface area contributed by atoms with E-state index >= 15 is 0 Å². The Kier molecular flexibility index (Phi) is 5.79. The number of hydrogen-bond acceptors (Lipinski definition) is 4. The fourth-order valence-electron chi connectivity index (χ4n) is 2.82. The quantitative estimate of drug-likeness (QED) is 0.872. The maximum absolute atomic E-state index is 5.55. The fourth-order valence-corrected chi connectivity index (χ4v) is 3.77. The standard InChI is InChI=1S/C15H27N3S/c1-12(2)18-8-4-5-13(10-18)9-15-17-14(11-19-15)6-3-7-16/h11-13H,3-10,16H2,1-2H3. The molecule has 1 aromatic rings. The normalized spacial score (nSPS) is 21.2. The molecule has 0 spiro atoms. The number of likely N-dealkylation sites (tertiary alicyclic amines) is 1. The van der Waals surface area contributed by atoms with Gasteiger partial charge in [-0.2, -0.15) is 0 Å². The summed E-state index contributed by atoms with van der Waals surface area (Å²) in [7, 11) is 0. The third-order valence-corrected chi connectivity index (χ3v) is 4.90. The highest BCUT2D eigenvalue weighted by molar-refractivity contribution is 7.09. The van der Waals surface area contributed by atoms with Crippen molar-refractivity contribution in [2.75, 3.05) is 19.6 Å². The Labute approximate surface area is 121 Å². The van der Waals surface area contributed by atoms with E-state index in [2.05, 4.69) is 24.1 Å². The second-order valence-electron chi connectivity index (χ2n) is 5.93. The van der Waals surface area contributed by atoms with Gasteiger partial charge in [0.1, 0.15) is 0 Å². The lowest BCUT2D eigenvalue weighted by Crippen LogP contribution is -2.40. The average Bonchev–Trinajstić information content (AvgIpc) is 2.84. The molecule has 108 valence electrons. The van der Waals surface area contributed by atoms with Crippen LogP contribution in [0.3, 0.4) is 0 Å². The van der Waals surface area contributed by atoms with E-state index in [1.165, 1.54) is 36.6 Å². The largest absolute Gasteiger partial charge is 0.330 e. The van der Waals surface area contributed by atoms with Gasteiger partial charge in [0.2, 0.25) is 0 Å². The zero-order valence-electron chi connectivity index (χ0n) is 12.3. The lowest BCUT2D eigenvalue weighted by molar-refractivity contribution is 0.139. The van der Waals surface area contributed by atoms with Gasteiger partial charge in [0.05, 0.1) is 10.7 Å². The first-order valence-corrected chi connectivity index (χ1v) is 8.44. The maximum Gasteiger partial charge on any atom is 0.0931 e. The monoisotopic (exact) mass is 281 g/mol. The van der Waals surface area contributed by atoms with Gasteiger partial charge in [0.25, 0.3) is 0 Å². The molecule has 1 unspecified atom stereocenters. The molecular formula is C15H27N3S. The van der Waals surface area contributed by atoms with Gasteiger partial charge < -0.3 is 10.6 Å². The molecule has 0 aliphatic carbocycles. The first-order chi connectivity index (χ1) is 9.19. The van der Waals surface area contributed by atoms with Crippen LogP contribution in [0.1, 0.15) is 43.8 Å². The van der Waals surface area contributed by atoms with Gasteiger partial charge in [-0.15, -0.1) is 11.3 Å². The lowest BCUT2D eigenvalue weighted by atomic mass is 9.94. The number of aryl methyl sites for hydroxylation is 1. The van der Waals surface area contributed by atoms with Gasteiger partial charge in [-0.05, 0) is 58.5 Å². The number of hydrogen-bond donors (Lipinski definition) is 1. The minimum Gasteiger partial charge on any atom is -0.330 e. The third-order valence-electron chi connectivity index (χ3n) is 3.98. The molecule has 1 aliphatic rings. The molecule has 2 N–H and O–H groups in total. The first kappa shape index (κ1) is 14.9. The minimum atomic E-state index is 0.680. The first-order valence-electron chi connectivity index (χ1n) is 7.56. The van der Waals surface area contributed by atoms with Crippen molar-refractivity contribution in [2.45, 2.75) is 52.0 Å². The molecule has 0 bridgehead atoms. The Morgan fingerprint density at radius 2 is 2.37 bits per heavy atom. The van der Waals surface area contributed by atoms with Crippen molar-refractivity contribution in [1.82, 2.24) is 9.88 Å². The Bertz CT molecular complexity index is 375. The number of rotatable bonds is 6. The van der Waals surface area contributed by atoms with E-state index in [9.17, 15) is 0 Å². The van der Waals surface area contributed by atoms with Crippen LogP contribution in [0.4, 0.5) is 0 Å². The average molecular weight is 281 g/mol. The SMILES string of the molecule is CC(C)N1CCCC(Cc2nc(CCCN)cs2)C1. The van der Waals surface area contributed by atoms with Crippen molar-refractivity contribution in [3.05, 3.63) is 16.1 Å².